The van der Waals surface area contributed by atoms with Gasteiger partial charge in [-0.05, 0) is 19.1 Å². The van der Waals surface area contributed by atoms with Crippen molar-refractivity contribution in [2.75, 3.05) is 6.61 Å². The van der Waals surface area contributed by atoms with Gasteiger partial charge in [-0.3, -0.25) is 0 Å². The molecule has 3 rings (SSSR count). The van der Waals surface area contributed by atoms with Crippen molar-refractivity contribution in [3.63, 3.8) is 0 Å². The van der Waals surface area contributed by atoms with Crippen LogP contribution in [0, 0.1) is 5.82 Å². The monoisotopic (exact) mass is 267 g/mol. The van der Waals surface area contributed by atoms with Crippen LogP contribution in [0.15, 0.2) is 54.6 Å². The van der Waals surface area contributed by atoms with Crippen molar-refractivity contribution < 1.29 is 9.13 Å². The quantitative estimate of drug-likeness (QED) is 0.700. The number of hydrogen-bond donors (Lipinski definition) is 0. The molecule has 0 unspecified atom stereocenters. The number of pyridine rings is 1. The number of aromatic nitrogens is 1. The summed E-state index contributed by atoms with van der Waals surface area (Å²) >= 11 is 0. The maximum Gasteiger partial charge on any atom is 0.165 e. The van der Waals surface area contributed by atoms with Gasteiger partial charge in [-0.25, -0.2) is 9.37 Å². The van der Waals surface area contributed by atoms with E-state index < -0.39 is 0 Å². The first kappa shape index (κ1) is 12.6. The zero-order valence-corrected chi connectivity index (χ0v) is 11.1. The van der Waals surface area contributed by atoms with E-state index in [9.17, 15) is 4.39 Å². The smallest absolute Gasteiger partial charge is 0.165 e. The Balaban J connectivity index is 2.12. The molecule has 1 aromatic heterocycles. The van der Waals surface area contributed by atoms with Gasteiger partial charge in [0.05, 0.1) is 17.8 Å². The molecule has 0 bridgehead atoms. The van der Waals surface area contributed by atoms with Crippen LogP contribution in [0.5, 0.6) is 5.75 Å². The van der Waals surface area contributed by atoms with Gasteiger partial charge >= 0.3 is 0 Å². The lowest BCUT2D eigenvalue weighted by Crippen LogP contribution is -1.95. The number of rotatable bonds is 3. The van der Waals surface area contributed by atoms with Gasteiger partial charge in [0.15, 0.2) is 11.6 Å². The standard InChI is InChI=1S/C17H14FNO/c1-2-20-17-11-16-13(10-14(17)18)8-9-15(19-16)12-6-4-3-5-7-12/h3-11H,2H2,1H3. The van der Waals surface area contributed by atoms with Gasteiger partial charge < -0.3 is 4.74 Å². The minimum absolute atomic E-state index is 0.248. The molecule has 0 aliphatic carbocycles. The number of nitrogens with zero attached hydrogens (tertiary/aromatic N) is 1. The molecular formula is C17H14FNO. The van der Waals surface area contributed by atoms with Gasteiger partial charge in [0, 0.05) is 17.0 Å². The molecule has 1 heterocycles. The highest BCUT2D eigenvalue weighted by atomic mass is 19.1. The van der Waals surface area contributed by atoms with Crippen molar-refractivity contribution in [2.45, 2.75) is 6.92 Å². The zero-order valence-electron chi connectivity index (χ0n) is 11.1. The van der Waals surface area contributed by atoms with Crippen molar-refractivity contribution >= 4 is 10.9 Å². The van der Waals surface area contributed by atoms with Crippen LogP contribution >= 0.6 is 0 Å². The summed E-state index contributed by atoms with van der Waals surface area (Å²) in [5.41, 5.74) is 2.64. The van der Waals surface area contributed by atoms with Crippen LogP contribution in [-0.4, -0.2) is 11.6 Å². The summed E-state index contributed by atoms with van der Waals surface area (Å²) in [7, 11) is 0. The van der Waals surface area contributed by atoms with Crippen molar-refractivity contribution in [2.24, 2.45) is 0 Å². The maximum absolute atomic E-state index is 13.8. The van der Waals surface area contributed by atoms with E-state index in [-0.39, 0.29) is 11.6 Å². The highest BCUT2D eigenvalue weighted by molar-refractivity contribution is 5.83. The van der Waals surface area contributed by atoms with E-state index in [1.165, 1.54) is 6.07 Å². The third-order valence-corrected chi connectivity index (χ3v) is 3.11. The summed E-state index contributed by atoms with van der Waals surface area (Å²) in [6, 6.07) is 16.8. The Morgan fingerprint density at radius 2 is 1.85 bits per heavy atom. The summed E-state index contributed by atoms with van der Waals surface area (Å²) in [5.74, 6) is -0.105. The highest BCUT2D eigenvalue weighted by Gasteiger charge is 2.08. The van der Waals surface area contributed by atoms with Crippen LogP contribution < -0.4 is 4.74 Å². The molecule has 2 nitrogen and oxygen atoms in total. The summed E-state index contributed by atoms with van der Waals surface area (Å²) in [6.45, 7) is 2.26. The van der Waals surface area contributed by atoms with Gasteiger partial charge in [0.25, 0.3) is 0 Å². The topological polar surface area (TPSA) is 22.1 Å². The highest BCUT2D eigenvalue weighted by Crippen LogP contribution is 2.26. The fourth-order valence-corrected chi connectivity index (χ4v) is 2.16. The lowest BCUT2D eigenvalue weighted by atomic mass is 10.1. The van der Waals surface area contributed by atoms with Crippen LogP contribution in [0.4, 0.5) is 4.39 Å². The van der Waals surface area contributed by atoms with Crippen LogP contribution in [-0.2, 0) is 0 Å². The number of halogens is 1. The minimum atomic E-state index is -0.353. The molecule has 0 aliphatic rings. The number of fused-ring (bicyclic) bond motifs is 1. The molecule has 100 valence electrons. The molecule has 0 spiro atoms. The fourth-order valence-electron chi connectivity index (χ4n) is 2.16. The molecule has 3 aromatic rings. The first-order chi connectivity index (χ1) is 9.78. The van der Waals surface area contributed by atoms with Crippen molar-refractivity contribution in [1.82, 2.24) is 4.98 Å². The Morgan fingerprint density at radius 3 is 2.60 bits per heavy atom. The van der Waals surface area contributed by atoms with Crippen LogP contribution in [0.3, 0.4) is 0 Å². The Labute approximate surface area is 116 Å². The molecule has 3 heteroatoms. The molecule has 0 saturated heterocycles. The first-order valence-electron chi connectivity index (χ1n) is 6.56. The van der Waals surface area contributed by atoms with Crippen molar-refractivity contribution in [3.05, 3.63) is 60.4 Å². The van der Waals surface area contributed by atoms with Crippen LogP contribution in [0.25, 0.3) is 22.2 Å². The Hall–Kier alpha value is -2.42. The summed E-state index contributed by atoms with van der Waals surface area (Å²) < 4.78 is 19.1. The van der Waals surface area contributed by atoms with Gasteiger partial charge in [-0.2, -0.15) is 0 Å². The van der Waals surface area contributed by atoms with Crippen LogP contribution in [0.2, 0.25) is 0 Å². The largest absolute Gasteiger partial charge is 0.491 e. The normalized spacial score (nSPS) is 10.7. The third kappa shape index (κ3) is 2.35. The second kappa shape index (κ2) is 5.29. The third-order valence-electron chi connectivity index (χ3n) is 3.11. The Morgan fingerprint density at radius 1 is 1.05 bits per heavy atom. The van der Waals surface area contributed by atoms with E-state index in [0.29, 0.717) is 6.61 Å². The SMILES string of the molecule is CCOc1cc2nc(-c3ccccc3)ccc2cc1F. The van der Waals surface area contributed by atoms with E-state index in [0.717, 1.165) is 22.2 Å². The lowest BCUT2D eigenvalue weighted by molar-refractivity contribution is 0.322. The summed E-state index contributed by atoms with van der Waals surface area (Å²) in [4.78, 5) is 4.58. The summed E-state index contributed by atoms with van der Waals surface area (Å²) in [6.07, 6.45) is 0. The number of benzene rings is 2. The van der Waals surface area contributed by atoms with Crippen molar-refractivity contribution in [3.8, 4) is 17.0 Å². The van der Waals surface area contributed by atoms with Crippen LogP contribution in [0.1, 0.15) is 6.92 Å². The molecule has 0 N–H and O–H groups in total. The maximum atomic E-state index is 13.8. The molecule has 0 radical (unpaired) electrons. The molecule has 0 atom stereocenters. The zero-order chi connectivity index (χ0) is 13.9. The molecular weight excluding hydrogens is 253 g/mol. The van der Waals surface area contributed by atoms with E-state index in [4.69, 9.17) is 4.74 Å². The van der Waals surface area contributed by atoms with E-state index >= 15 is 0 Å². The molecule has 2 aromatic carbocycles. The van der Waals surface area contributed by atoms with E-state index in [1.807, 2.05) is 49.4 Å². The summed E-state index contributed by atoms with van der Waals surface area (Å²) in [5, 5.41) is 0.769. The average Bonchev–Trinajstić information content (AvgIpc) is 2.49. The van der Waals surface area contributed by atoms with E-state index in [1.54, 1.807) is 6.07 Å². The first-order valence-corrected chi connectivity index (χ1v) is 6.56. The molecule has 0 aliphatic heterocycles. The predicted octanol–water partition coefficient (Wildman–Crippen LogP) is 4.44. The van der Waals surface area contributed by atoms with Crippen molar-refractivity contribution in [1.29, 1.82) is 0 Å². The Kier molecular flexibility index (Phi) is 3.33. The molecule has 20 heavy (non-hydrogen) atoms. The number of hydrogen-bond acceptors (Lipinski definition) is 2. The average molecular weight is 267 g/mol. The second-order valence-corrected chi connectivity index (χ2v) is 4.47. The van der Waals surface area contributed by atoms with Gasteiger partial charge in [-0.1, -0.05) is 36.4 Å². The lowest BCUT2D eigenvalue weighted by Gasteiger charge is -2.07. The minimum Gasteiger partial charge on any atom is -0.491 e. The predicted molar refractivity (Wildman–Crippen MR) is 78.3 cm³/mol. The van der Waals surface area contributed by atoms with Gasteiger partial charge in [0.2, 0.25) is 0 Å². The van der Waals surface area contributed by atoms with Gasteiger partial charge in [0.1, 0.15) is 0 Å². The molecule has 0 amide bonds. The van der Waals surface area contributed by atoms with E-state index in [2.05, 4.69) is 4.98 Å². The second-order valence-electron chi connectivity index (χ2n) is 4.47. The fraction of sp³-hybridized carbons (Fsp3) is 0.118. The molecule has 0 fully saturated rings. The molecule has 0 saturated carbocycles. The van der Waals surface area contributed by atoms with Gasteiger partial charge in [-0.15, -0.1) is 0 Å². The number of ether oxygens (including phenoxy) is 1. The Bertz CT molecular complexity index is 741.